The first-order valence-electron chi connectivity index (χ1n) is 6.40. The highest BCUT2D eigenvalue weighted by Crippen LogP contribution is 2.27. The van der Waals surface area contributed by atoms with Crippen molar-refractivity contribution in [3.8, 4) is 0 Å². The Kier molecular flexibility index (Phi) is 4.42. The van der Waals surface area contributed by atoms with Gasteiger partial charge >= 0.3 is 0 Å². The van der Waals surface area contributed by atoms with Crippen LogP contribution in [0.15, 0.2) is 47.6 Å². The van der Waals surface area contributed by atoms with Gasteiger partial charge in [-0.2, -0.15) is 0 Å². The van der Waals surface area contributed by atoms with Crippen molar-refractivity contribution in [1.29, 1.82) is 0 Å². The number of nitrogens with one attached hydrogen (secondary N) is 1. The number of aromatic nitrogens is 1. The first-order chi connectivity index (χ1) is 10.0. The Morgan fingerprint density at radius 3 is 2.48 bits per heavy atom. The van der Waals surface area contributed by atoms with E-state index < -0.39 is 15.8 Å². The molecule has 0 bridgehead atoms. The van der Waals surface area contributed by atoms with Crippen LogP contribution in [-0.4, -0.2) is 27.0 Å². The van der Waals surface area contributed by atoms with Crippen LogP contribution in [0.5, 0.6) is 0 Å². The van der Waals surface area contributed by atoms with E-state index in [1.165, 1.54) is 41.0 Å². The Morgan fingerprint density at radius 2 is 1.90 bits per heavy atom. The van der Waals surface area contributed by atoms with E-state index in [-0.39, 0.29) is 11.4 Å². The number of rotatable bonds is 5. The zero-order chi connectivity index (χ0) is 15.5. The molecule has 1 aromatic carbocycles. The number of hydrogen-bond acceptors (Lipinski definition) is 4. The van der Waals surface area contributed by atoms with Gasteiger partial charge in [0.1, 0.15) is 10.7 Å². The summed E-state index contributed by atoms with van der Waals surface area (Å²) in [6.45, 7) is 1.95. The van der Waals surface area contributed by atoms with E-state index in [9.17, 15) is 12.8 Å². The first kappa shape index (κ1) is 15.2. The van der Waals surface area contributed by atoms with Gasteiger partial charge < -0.3 is 5.32 Å². The highest BCUT2D eigenvalue weighted by atomic mass is 32.2. The fourth-order valence-electron chi connectivity index (χ4n) is 2.01. The lowest BCUT2D eigenvalue weighted by Crippen LogP contribution is -2.31. The molecule has 1 aromatic heterocycles. The van der Waals surface area contributed by atoms with Crippen LogP contribution in [0.25, 0.3) is 0 Å². The molecule has 7 heteroatoms. The molecule has 0 spiro atoms. The molecular weight excluding hydrogens is 293 g/mol. The molecule has 112 valence electrons. The molecule has 21 heavy (non-hydrogen) atoms. The van der Waals surface area contributed by atoms with Crippen molar-refractivity contribution in [2.24, 2.45) is 0 Å². The molecule has 0 aliphatic rings. The lowest BCUT2D eigenvalue weighted by atomic mass is 10.3. The average molecular weight is 309 g/mol. The van der Waals surface area contributed by atoms with Gasteiger partial charge in [0.05, 0.1) is 11.4 Å². The predicted molar refractivity (Wildman–Crippen MR) is 80.4 cm³/mol. The zero-order valence-corrected chi connectivity index (χ0v) is 12.6. The Labute approximate surface area is 123 Å². The molecule has 0 aliphatic carbocycles. The summed E-state index contributed by atoms with van der Waals surface area (Å²) in [5.74, 6) is -0.413. The molecule has 0 saturated carbocycles. The number of halogens is 1. The van der Waals surface area contributed by atoms with Gasteiger partial charge in [-0.25, -0.2) is 12.8 Å². The van der Waals surface area contributed by atoms with E-state index in [4.69, 9.17) is 0 Å². The minimum absolute atomic E-state index is 0.0821. The predicted octanol–water partition coefficient (Wildman–Crippen LogP) is 2.48. The maximum atomic E-state index is 13.0. The molecule has 0 amide bonds. The van der Waals surface area contributed by atoms with Crippen molar-refractivity contribution < 1.29 is 12.8 Å². The monoisotopic (exact) mass is 309 g/mol. The fourth-order valence-corrected chi connectivity index (χ4v) is 3.63. The number of sulfonamides is 1. The molecule has 0 unspecified atom stereocenters. The van der Waals surface area contributed by atoms with Gasteiger partial charge in [-0.1, -0.05) is 0 Å². The van der Waals surface area contributed by atoms with Gasteiger partial charge in [0.15, 0.2) is 0 Å². The highest BCUT2D eigenvalue weighted by molar-refractivity contribution is 7.93. The number of anilines is 2. The maximum Gasteiger partial charge on any atom is 0.267 e. The maximum absolute atomic E-state index is 13.0. The second kappa shape index (κ2) is 6.09. The molecule has 1 heterocycles. The first-order valence-corrected chi connectivity index (χ1v) is 7.84. The molecule has 0 saturated heterocycles. The summed E-state index contributed by atoms with van der Waals surface area (Å²) in [4.78, 5) is 3.96. The van der Waals surface area contributed by atoms with Crippen molar-refractivity contribution in [1.82, 2.24) is 4.98 Å². The van der Waals surface area contributed by atoms with Crippen LogP contribution in [0.2, 0.25) is 0 Å². The third-order valence-corrected chi connectivity index (χ3v) is 4.95. The summed E-state index contributed by atoms with van der Waals surface area (Å²) in [6.07, 6.45) is 2.81. The van der Waals surface area contributed by atoms with Gasteiger partial charge in [0.2, 0.25) is 0 Å². The van der Waals surface area contributed by atoms with Gasteiger partial charge in [-0.05, 0) is 37.3 Å². The van der Waals surface area contributed by atoms with Crippen molar-refractivity contribution in [3.63, 3.8) is 0 Å². The number of hydrogen-bond donors (Lipinski definition) is 1. The molecule has 0 fully saturated rings. The summed E-state index contributed by atoms with van der Waals surface area (Å²) in [5.41, 5.74) is 0.871. The van der Waals surface area contributed by atoms with Crippen LogP contribution >= 0.6 is 0 Å². The number of pyridine rings is 1. The summed E-state index contributed by atoms with van der Waals surface area (Å²) in [7, 11) is -2.13. The molecule has 2 rings (SSSR count). The molecule has 5 nitrogen and oxygen atoms in total. The van der Waals surface area contributed by atoms with Crippen molar-refractivity contribution in [3.05, 3.63) is 48.5 Å². The van der Waals surface area contributed by atoms with Crippen molar-refractivity contribution in [2.45, 2.75) is 11.8 Å². The standard InChI is InChI=1S/C14H16FN3O2S/c1-3-18(12-6-4-11(15)5-7-12)21(19,20)14-10-17-9-8-13(14)16-2/h4-10H,3H2,1-2H3,(H,16,17). The Morgan fingerprint density at radius 1 is 1.24 bits per heavy atom. The van der Waals surface area contributed by atoms with E-state index in [1.807, 2.05) is 0 Å². The minimum atomic E-state index is -3.77. The van der Waals surface area contributed by atoms with Crippen molar-refractivity contribution in [2.75, 3.05) is 23.2 Å². The third-order valence-electron chi connectivity index (χ3n) is 3.02. The molecule has 2 aromatic rings. The Balaban J connectivity index is 2.52. The van der Waals surface area contributed by atoms with Crippen LogP contribution < -0.4 is 9.62 Å². The highest BCUT2D eigenvalue weighted by Gasteiger charge is 2.26. The van der Waals surface area contributed by atoms with Gasteiger partial charge in [0.25, 0.3) is 10.0 Å². The van der Waals surface area contributed by atoms with E-state index in [0.29, 0.717) is 11.4 Å². The van der Waals surface area contributed by atoms with Crippen LogP contribution in [0.4, 0.5) is 15.8 Å². The van der Waals surface area contributed by atoms with Crippen LogP contribution in [0.3, 0.4) is 0 Å². The zero-order valence-electron chi connectivity index (χ0n) is 11.7. The Hall–Kier alpha value is -2.15. The van der Waals surface area contributed by atoms with Crippen LogP contribution in [0.1, 0.15) is 6.92 Å². The average Bonchev–Trinajstić information content (AvgIpc) is 2.49. The lowest BCUT2D eigenvalue weighted by Gasteiger charge is -2.23. The van der Waals surface area contributed by atoms with Gasteiger partial charge in [-0.3, -0.25) is 9.29 Å². The quantitative estimate of drug-likeness (QED) is 0.921. The van der Waals surface area contributed by atoms with Crippen molar-refractivity contribution >= 4 is 21.4 Å². The summed E-state index contributed by atoms with van der Waals surface area (Å²) in [6, 6.07) is 6.93. The topological polar surface area (TPSA) is 62.3 Å². The number of benzene rings is 1. The molecule has 0 atom stereocenters. The second-order valence-electron chi connectivity index (χ2n) is 4.27. The summed E-state index contributed by atoms with van der Waals surface area (Å²) in [5, 5.41) is 2.84. The fraction of sp³-hybridized carbons (Fsp3) is 0.214. The third kappa shape index (κ3) is 2.97. The molecule has 1 N–H and O–H groups in total. The largest absolute Gasteiger partial charge is 0.387 e. The van der Waals surface area contributed by atoms with E-state index in [2.05, 4.69) is 10.3 Å². The van der Waals surface area contributed by atoms with E-state index in [1.54, 1.807) is 20.0 Å². The summed E-state index contributed by atoms with van der Waals surface area (Å²) < 4.78 is 39.8. The summed E-state index contributed by atoms with van der Waals surface area (Å²) >= 11 is 0. The van der Waals surface area contributed by atoms with E-state index >= 15 is 0 Å². The smallest absolute Gasteiger partial charge is 0.267 e. The van der Waals surface area contributed by atoms with Crippen LogP contribution in [0, 0.1) is 5.82 Å². The minimum Gasteiger partial charge on any atom is -0.387 e. The van der Waals surface area contributed by atoms with Gasteiger partial charge in [-0.15, -0.1) is 0 Å². The van der Waals surface area contributed by atoms with E-state index in [0.717, 1.165) is 0 Å². The van der Waals surface area contributed by atoms with Gasteiger partial charge in [0, 0.05) is 26.0 Å². The molecule has 0 radical (unpaired) electrons. The molecular formula is C14H16FN3O2S. The lowest BCUT2D eigenvalue weighted by molar-refractivity contribution is 0.591. The van der Waals surface area contributed by atoms with Crippen LogP contribution in [-0.2, 0) is 10.0 Å². The normalized spacial score (nSPS) is 11.2. The Bertz CT molecular complexity index is 717. The molecule has 0 aliphatic heterocycles. The second-order valence-corrected chi connectivity index (χ2v) is 6.10. The SMILES string of the molecule is CCN(c1ccc(F)cc1)S(=O)(=O)c1cnccc1NC. The number of nitrogens with zero attached hydrogens (tertiary/aromatic N) is 2.